The van der Waals surface area contributed by atoms with Crippen LogP contribution in [0.4, 0.5) is 0 Å². The average molecular weight is 368 g/mol. The second-order valence-corrected chi connectivity index (χ2v) is 6.33. The summed E-state index contributed by atoms with van der Waals surface area (Å²) in [6, 6.07) is 19.6. The van der Waals surface area contributed by atoms with Crippen LogP contribution < -0.4 is 5.32 Å². The van der Waals surface area contributed by atoms with E-state index in [1.807, 2.05) is 42.5 Å². The molecule has 0 aliphatic heterocycles. The summed E-state index contributed by atoms with van der Waals surface area (Å²) in [5.74, 6) is -0.913. The Morgan fingerprint density at radius 1 is 1.00 bits per heavy atom. The third kappa shape index (κ3) is 4.03. The number of benzene rings is 3. The van der Waals surface area contributed by atoms with Gasteiger partial charge in [-0.25, -0.2) is 4.79 Å². The molecule has 0 saturated heterocycles. The Hall–Kier alpha value is -2.85. The summed E-state index contributed by atoms with van der Waals surface area (Å²) in [4.78, 5) is 24.5. The van der Waals surface area contributed by atoms with Crippen LogP contribution in [-0.2, 0) is 16.1 Å². The zero-order valence-corrected chi connectivity index (χ0v) is 15.0. The van der Waals surface area contributed by atoms with Gasteiger partial charge in [0.25, 0.3) is 5.91 Å². The fraction of sp³-hybridized carbons (Fsp3) is 0.143. The summed E-state index contributed by atoms with van der Waals surface area (Å²) in [6.07, 6.45) is 0. The van der Waals surface area contributed by atoms with Gasteiger partial charge in [0, 0.05) is 0 Å². The van der Waals surface area contributed by atoms with Crippen molar-refractivity contribution in [1.82, 2.24) is 5.32 Å². The molecule has 3 rings (SSSR count). The molecule has 0 aliphatic carbocycles. The van der Waals surface area contributed by atoms with Gasteiger partial charge in [-0.15, -0.1) is 0 Å². The third-order valence-corrected chi connectivity index (χ3v) is 4.40. The molecule has 0 heterocycles. The van der Waals surface area contributed by atoms with Crippen molar-refractivity contribution in [2.75, 3.05) is 0 Å². The number of nitrogens with one attached hydrogen (secondary N) is 1. The van der Waals surface area contributed by atoms with Crippen LogP contribution in [0, 0.1) is 0 Å². The number of hydrogen-bond donors (Lipinski definition) is 1. The lowest BCUT2D eigenvalue weighted by Gasteiger charge is -2.14. The van der Waals surface area contributed by atoms with E-state index in [0.29, 0.717) is 10.6 Å². The molecule has 3 aromatic carbocycles. The lowest BCUT2D eigenvalue weighted by atomic mass is 10.1. The molecular formula is C21H18ClNO3. The molecule has 5 heteroatoms. The minimum Gasteiger partial charge on any atom is -0.459 e. The highest BCUT2D eigenvalue weighted by Crippen LogP contribution is 2.19. The number of carbonyl (C=O) groups excluding carboxylic acids is 2. The van der Waals surface area contributed by atoms with Crippen LogP contribution in [0.2, 0.25) is 5.02 Å². The molecule has 1 N–H and O–H groups in total. The molecule has 0 aliphatic rings. The Labute approximate surface area is 156 Å². The number of halogens is 1. The van der Waals surface area contributed by atoms with E-state index in [9.17, 15) is 9.59 Å². The van der Waals surface area contributed by atoms with E-state index >= 15 is 0 Å². The van der Waals surface area contributed by atoms with Crippen molar-refractivity contribution in [1.29, 1.82) is 0 Å². The first-order valence-corrected chi connectivity index (χ1v) is 8.62. The zero-order chi connectivity index (χ0) is 18.5. The van der Waals surface area contributed by atoms with Crippen LogP contribution in [0.25, 0.3) is 10.8 Å². The van der Waals surface area contributed by atoms with Gasteiger partial charge in [-0.3, -0.25) is 4.79 Å². The highest BCUT2D eigenvalue weighted by Gasteiger charge is 2.19. The van der Waals surface area contributed by atoms with Crippen molar-refractivity contribution in [2.24, 2.45) is 0 Å². The lowest BCUT2D eigenvalue weighted by Crippen LogP contribution is -2.39. The van der Waals surface area contributed by atoms with Crippen LogP contribution >= 0.6 is 11.6 Å². The van der Waals surface area contributed by atoms with Gasteiger partial charge < -0.3 is 10.1 Å². The van der Waals surface area contributed by atoms with Crippen molar-refractivity contribution >= 4 is 34.2 Å². The minimum absolute atomic E-state index is 0.145. The number of rotatable bonds is 5. The second kappa shape index (κ2) is 8.02. The first-order valence-electron chi connectivity index (χ1n) is 8.25. The molecule has 0 bridgehead atoms. The van der Waals surface area contributed by atoms with E-state index < -0.39 is 17.9 Å². The molecule has 1 unspecified atom stereocenters. The molecule has 0 fully saturated rings. The Balaban J connectivity index is 1.62. The first kappa shape index (κ1) is 18.0. The molecule has 1 amide bonds. The summed E-state index contributed by atoms with van der Waals surface area (Å²) in [7, 11) is 0. The molecule has 3 aromatic rings. The molecule has 0 saturated carbocycles. The maximum atomic E-state index is 12.2. The third-order valence-electron chi connectivity index (χ3n) is 4.07. The van der Waals surface area contributed by atoms with Gasteiger partial charge in [0.05, 0.1) is 10.6 Å². The highest BCUT2D eigenvalue weighted by atomic mass is 35.5. The van der Waals surface area contributed by atoms with Crippen molar-refractivity contribution < 1.29 is 14.3 Å². The SMILES string of the molecule is CC(NC(=O)c1ccccc1Cl)C(=O)OCc1cccc2ccccc12. The van der Waals surface area contributed by atoms with Gasteiger partial charge >= 0.3 is 5.97 Å². The van der Waals surface area contributed by atoms with E-state index in [-0.39, 0.29) is 6.61 Å². The summed E-state index contributed by atoms with van der Waals surface area (Å²) in [6.45, 7) is 1.73. The fourth-order valence-electron chi connectivity index (χ4n) is 2.67. The Morgan fingerprint density at radius 2 is 1.69 bits per heavy atom. The summed E-state index contributed by atoms with van der Waals surface area (Å²) < 4.78 is 5.38. The number of fused-ring (bicyclic) bond motifs is 1. The molecular weight excluding hydrogens is 350 g/mol. The van der Waals surface area contributed by atoms with Crippen molar-refractivity contribution in [3.63, 3.8) is 0 Å². The lowest BCUT2D eigenvalue weighted by molar-refractivity contribution is -0.146. The van der Waals surface area contributed by atoms with E-state index in [4.69, 9.17) is 16.3 Å². The highest BCUT2D eigenvalue weighted by molar-refractivity contribution is 6.33. The van der Waals surface area contributed by atoms with Gasteiger partial charge in [0.2, 0.25) is 0 Å². The zero-order valence-electron chi connectivity index (χ0n) is 14.2. The monoisotopic (exact) mass is 367 g/mol. The Morgan fingerprint density at radius 3 is 2.50 bits per heavy atom. The largest absolute Gasteiger partial charge is 0.459 e. The topological polar surface area (TPSA) is 55.4 Å². The Bertz CT molecular complexity index is 949. The number of ether oxygens (including phenoxy) is 1. The van der Waals surface area contributed by atoms with Gasteiger partial charge in [0.1, 0.15) is 12.6 Å². The first-order chi connectivity index (χ1) is 12.6. The van der Waals surface area contributed by atoms with Gasteiger partial charge in [-0.2, -0.15) is 0 Å². The predicted octanol–water partition coefficient (Wildman–Crippen LogP) is 4.35. The predicted molar refractivity (Wildman–Crippen MR) is 102 cm³/mol. The van der Waals surface area contributed by atoms with E-state index in [0.717, 1.165) is 16.3 Å². The van der Waals surface area contributed by atoms with Crippen molar-refractivity contribution in [2.45, 2.75) is 19.6 Å². The smallest absolute Gasteiger partial charge is 0.328 e. The molecule has 132 valence electrons. The molecule has 1 atom stereocenters. The average Bonchev–Trinajstić information content (AvgIpc) is 2.66. The van der Waals surface area contributed by atoms with Crippen molar-refractivity contribution in [3.05, 3.63) is 82.9 Å². The van der Waals surface area contributed by atoms with Crippen LogP contribution in [0.1, 0.15) is 22.8 Å². The van der Waals surface area contributed by atoms with Gasteiger partial charge in [0.15, 0.2) is 0 Å². The molecule has 0 aromatic heterocycles. The van der Waals surface area contributed by atoms with Crippen LogP contribution in [-0.4, -0.2) is 17.9 Å². The van der Waals surface area contributed by atoms with Gasteiger partial charge in [-0.1, -0.05) is 66.2 Å². The van der Waals surface area contributed by atoms with Crippen LogP contribution in [0.5, 0.6) is 0 Å². The summed E-state index contributed by atoms with van der Waals surface area (Å²) in [5, 5.41) is 5.07. The standard InChI is InChI=1S/C21H18ClNO3/c1-14(23-20(24)18-11-4-5-12-19(18)22)21(25)26-13-16-9-6-8-15-7-2-3-10-17(15)16/h2-12,14H,13H2,1H3,(H,23,24). The van der Waals surface area contributed by atoms with Crippen LogP contribution in [0.15, 0.2) is 66.7 Å². The summed E-state index contributed by atoms with van der Waals surface area (Å²) in [5.41, 5.74) is 1.24. The quantitative estimate of drug-likeness (QED) is 0.682. The number of amides is 1. The van der Waals surface area contributed by atoms with E-state index in [2.05, 4.69) is 5.32 Å². The second-order valence-electron chi connectivity index (χ2n) is 5.92. The molecule has 26 heavy (non-hydrogen) atoms. The fourth-order valence-corrected chi connectivity index (χ4v) is 2.89. The molecule has 0 radical (unpaired) electrons. The number of hydrogen-bond acceptors (Lipinski definition) is 3. The Kier molecular flexibility index (Phi) is 5.54. The van der Waals surface area contributed by atoms with E-state index in [1.165, 1.54) is 0 Å². The molecule has 0 spiro atoms. The minimum atomic E-state index is -0.784. The summed E-state index contributed by atoms with van der Waals surface area (Å²) >= 11 is 6.00. The number of carbonyl (C=O) groups is 2. The van der Waals surface area contributed by atoms with Gasteiger partial charge in [-0.05, 0) is 35.4 Å². The maximum Gasteiger partial charge on any atom is 0.328 e. The molecule has 4 nitrogen and oxygen atoms in total. The van der Waals surface area contributed by atoms with Crippen molar-refractivity contribution in [3.8, 4) is 0 Å². The van der Waals surface area contributed by atoms with Crippen LogP contribution in [0.3, 0.4) is 0 Å². The maximum absolute atomic E-state index is 12.2. The normalized spacial score (nSPS) is 11.8. The van der Waals surface area contributed by atoms with E-state index in [1.54, 1.807) is 31.2 Å². The number of esters is 1.